The maximum absolute atomic E-state index is 12.5. The van der Waals surface area contributed by atoms with Gasteiger partial charge in [-0.25, -0.2) is 8.42 Å². The van der Waals surface area contributed by atoms with E-state index in [-0.39, 0.29) is 0 Å². The third kappa shape index (κ3) is 2.81. The molecule has 1 aromatic carbocycles. The Balaban J connectivity index is 2.31. The van der Waals surface area contributed by atoms with Gasteiger partial charge in [-0.3, -0.25) is 0 Å². The second kappa shape index (κ2) is 5.61. The highest BCUT2D eigenvalue weighted by Crippen LogP contribution is 2.31. The van der Waals surface area contributed by atoms with E-state index in [0.717, 1.165) is 17.3 Å². The van der Waals surface area contributed by atoms with Crippen LogP contribution in [0.1, 0.15) is 19.8 Å². The van der Waals surface area contributed by atoms with Gasteiger partial charge in [0.1, 0.15) is 0 Å². The van der Waals surface area contributed by atoms with Gasteiger partial charge in [0.2, 0.25) is 10.0 Å². The number of rotatable bonds is 3. The molecule has 1 heterocycles. The summed E-state index contributed by atoms with van der Waals surface area (Å²) in [5.41, 5.74) is 0. The van der Waals surface area contributed by atoms with Gasteiger partial charge in [-0.15, -0.1) is 0 Å². The van der Waals surface area contributed by atoms with Crippen molar-refractivity contribution in [1.29, 1.82) is 0 Å². The molecule has 0 N–H and O–H groups in total. The van der Waals surface area contributed by atoms with Crippen molar-refractivity contribution < 1.29 is 8.42 Å². The van der Waals surface area contributed by atoms with Crippen LogP contribution in [0.4, 0.5) is 0 Å². The lowest BCUT2D eigenvalue weighted by Crippen LogP contribution is -2.29. The predicted molar refractivity (Wildman–Crippen MR) is 79.0 cm³/mol. The fourth-order valence-corrected chi connectivity index (χ4v) is 5.41. The first kappa shape index (κ1) is 14.5. The molecule has 1 atom stereocenters. The molecule has 0 saturated carbocycles. The van der Waals surface area contributed by atoms with E-state index in [0.29, 0.717) is 28.4 Å². The maximum atomic E-state index is 12.5. The Morgan fingerprint density at radius 2 is 2.11 bits per heavy atom. The van der Waals surface area contributed by atoms with Crippen molar-refractivity contribution in [2.24, 2.45) is 5.92 Å². The number of nitrogens with zero attached hydrogens (tertiary/aromatic N) is 1. The number of benzene rings is 1. The van der Waals surface area contributed by atoms with Gasteiger partial charge in [0.05, 0.1) is 4.90 Å². The summed E-state index contributed by atoms with van der Waals surface area (Å²) >= 11 is 6.66. The Morgan fingerprint density at radius 3 is 2.67 bits per heavy atom. The molecule has 1 aromatic rings. The fraction of sp³-hybridized carbons (Fsp3) is 0.500. The predicted octanol–water partition coefficient (Wildman–Crippen LogP) is 3.63. The van der Waals surface area contributed by atoms with E-state index in [2.05, 4.69) is 38.8 Å². The van der Waals surface area contributed by atoms with Gasteiger partial charge in [-0.05, 0) is 46.5 Å². The molecule has 1 saturated heterocycles. The van der Waals surface area contributed by atoms with E-state index in [1.54, 1.807) is 22.5 Å². The van der Waals surface area contributed by atoms with Gasteiger partial charge in [0, 0.05) is 22.0 Å². The molecule has 1 aliphatic heterocycles. The summed E-state index contributed by atoms with van der Waals surface area (Å²) in [7, 11) is -3.36. The summed E-state index contributed by atoms with van der Waals surface area (Å²) in [5.74, 6) is 0.494. The first-order valence-corrected chi connectivity index (χ1v) is 8.93. The Hall–Kier alpha value is 0.0900. The largest absolute Gasteiger partial charge is 0.244 e. The molecule has 100 valence electrons. The van der Waals surface area contributed by atoms with E-state index in [1.807, 2.05) is 0 Å². The van der Waals surface area contributed by atoms with Crippen molar-refractivity contribution in [2.45, 2.75) is 24.7 Å². The molecule has 18 heavy (non-hydrogen) atoms. The highest BCUT2D eigenvalue weighted by atomic mass is 79.9. The van der Waals surface area contributed by atoms with Gasteiger partial charge in [0.15, 0.2) is 0 Å². The van der Waals surface area contributed by atoms with E-state index < -0.39 is 10.0 Å². The second-order valence-electron chi connectivity index (χ2n) is 4.50. The van der Waals surface area contributed by atoms with Crippen LogP contribution in [0.5, 0.6) is 0 Å². The summed E-state index contributed by atoms with van der Waals surface area (Å²) in [4.78, 5) is 0.349. The zero-order valence-electron chi connectivity index (χ0n) is 10.1. The van der Waals surface area contributed by atoms with Crippen LogP contribution in [0.15, 0.2) is 32.0 Å². The third-order valence-corrected chi connectivity index (χ3v) is 6.67. The lowest BCUT2D eigenvalue weighted by molar-refractivity contribution is 0.452. The average molecular weight is 397 g/mol. The van der Waals surface area contributed by atoms with Gasteiger partial charge in [0.25, 0.3) is 0 Å². The Kier molecular flexibility index (Phi) is 4.52. The highest BCUT2D eigenvalue weighted by Gasteiger charge is 2.32. The molecule has 0 aromatic heterocycles. The third-order valence-electron chi connectivity index (χ3n) is 3.34. The molecule has 6 heteroatoms. The van der Waals surface area contributed by atoms with Crippen molar-refractivity contribution in [2.75, 3.05) is 13.1 Å². The number of sulfonamides is 1. The highest BCUT2D eigenvalue weighted by molar-refractivity contribution is 9.11. The number of halogens is 2. The summed E-state index contributed by atoms with van der Waals surface area (Å²) < 4.78 is 28.1. The Labute approximate surface area is 125 Å². The van der Waals surface area contributed by atoms with Crippen LogP contribution < -0.4 is 0 Å². The van der Waals surface area contributed by atoms with Crippen molar-refractivity contribution >= 4 is 41.9 Å². The van der Waals surface area contributed by atoms with Gasteiger partial charge in [-0.2, -0.15) is 4.31 Å². The summed E-state index contributed by atoms with van der Waals surface area (Å²) in [6.45, 7) is 3.38. The molecule has 3 nitrogen and oxygen atoms in total. The van der Waals surface area contributed by atoms with E-state index in [4.69, 9.17) is 0 Å². The molecule has 0 bridgehead atoms. The van der Waals surface area contributed by atoms with Gasteiger partial charge >= 0.3 is 0 Å². The maximum Gasteiger partial charge on any atom is 0.244 e. The Bertz CT molecular complexity index is 545. The smallest absolute Gasteiger partial charge is 0.207 e. The molecule has 0 radical (unpaired) electrons. The topological polar surface area (TPSA) is 37.4 Å². The van der Waals surface area contributed by atoms with Crippen molar-refractivity contribution in [3.63, 3.8) is 0 Å². The van der Waals surface area contributed by atoms with Gasteiger partial charge < -0.3 is 0 Å². The summed E-state index contributed by atoms with van der Waals surface area (Å²) in [6, 6.07) is 5.16. The first-order chi connectivity index (χ1) is 8.45. The monoisotopic (exact) mass is 395 g/mol. The van der Waals surface area contributed by atoms with Crippen LogP contribution in [0.2, 0.25) is 0 Å². The molecule has 1 aliphatic rings. The SMILES string of the molecule is CCC1CCN(S(=O)(=O)c2ccc(Br)cc2Br)C1. The lowest BCUT2D eigenvalue weighted by Gasteiger charge is -2.17. The molecule has 0 amide bonds. The van der Waals surface area contributed by atoms with E-state index in [9.17, 15) is 8.42 Å². The van der Waals surface area contributed by atoms with Crippen molar-refractivity contribution in [3.8, 4) is 0 Å². The van der Waals surface area contributed by atoms with Crippen LogP contribution in [0.3, 0.4) is 0 Å². The zero-order valence-corrected chi connectivity index (χ0v) is 14.1. The lowest BCUT2D eigenvalue weighted by atomic mass is 10.1. The van der Waals surface area contributed by atoms with E-state index in [1.165, 1.54) is 0 Å². The molecular formula is C12H15Br2NO2S. The van der Waals surface area contributed by atoms with Crippen LogP contribution in [0.25, 0.3) is 0 Å². The minimum Gasteiger partial charge on any atom is -0.207 e. The Morgan fingerprint density at radius 1 is 1.39 bits per heavy atom. The van der Waals surface area contributed by atoms with Crippen molar-refractivity contribution in [3.05, 3.63) is 27.1 Å². The molecule has 2 rings (SSSR count). The van der Waals surface area contributed by atoms with E-state index >= 15 is 0 Å². The number of hydrogen-bond acceptors (Lipinski definition) is 2. The minimum absolute atomic E-state index is 0.349. The molecule has 0 spiro atoms. The van der Waals surface area contributed by atoms with Crippen LogP contribution in [-0.2, 0) is 10.0 Å². The first-order valence-electron chi connectivity index (χ1n) is 5.90. The van der Waals surface area contributed by atoms with Crippen LogP contribution in [0, 0.1) is 5.92 Å². The minimum atomic E-state index is -3.36. The quantitative estimate of drug-likeness (QED) is 0.782. The van der Waals surface area contributed by atoms with Crippen LogP contribution in [-0.4, -0.2) is 25.8 Å². The molecule has 0 aliphatic carbocycles. The average Bonchev–Trinajstić information content (AvgIpc) is 2.77. The number of hydrogen-bond donors (Lipinski definition) is 0. The standard InChI is InChI=1S/C12H15Br2NO2S/c1-2-9-5-6-15(8-9)18(16,17)12-4-3-10(13)7-11(12)14/h3-4,7,9H,2,5-6,8H2,1H3. The zero-order chi connectivity index (χ0) is 13.3. The fourth-order valence-electron chi connectivity index (χ4n) is 2.17. The normalized spacial score (nSPS) is 21.4. The molecule has 1 fully saturated rings. The summed E-state index contributed by atoms with van der Waals surface area (Å²) in [5, 5.41) is 0. The van der Waals surface area contributed by atoms with Crippen molar-refractivity contribution in [1.82, 2.24) is 4.31 Å². The van der Waals surface area contributed by atoms with Gasteiger partial charge in [-0.1, -0.05) is 29.3 Å². The molecular weight excluding hydrogens is 382 g/mol. The second-order valence-corrected chi connectivity index (χ2v) is 8.18. The summed E-state index contributed by atoms with van der Waals surface area (Å²) in [6.07, 6.45) is 2.00. The van der Waals surface area contributed by atoms with Crippen LogP contribution >= 0.6 is 31.9 Å². The molecule has 1 unspecified atom stereocenters.